The summed E-state index contributed by atoms with van der Waals surface area (Å²) in [4.78, 5) is 6.42. The maximum Gasteiger partial charge on any atom is 0.0919 e. The van der Waals surface area contributed by atoms with Gasteiger partial charge in [0, 0.05) is 19.5 Å². The van der Waals surface area contributed by atoms with E-state index < -0.39 is 0 Å². The summed E-state index contributed by atoms with van der Waals surface area (Å²) in [6.45, 7) is 0.566. The van der Waals surface area contributed by atoms with Crippen LogP contribution >= 0.6 is 0 Å². The molecule has 10 heavy (non-hydrogen) atoms. The lowest BCUT2D eigenvalue weighted by Gasteiger charge is -1.84. The highest BCUT2D eigenvalue weighted by Gasteiger charge is 1.67. The zero-order valence-electron chi connectivity index (χ0n) is 5.95. The highest BCUT2D eigenvalue weighted by Crippen LogP contribution is 1.62. The minimum absolute atomic E-state index is 0.122. The number of aliphatic hydroxyl groups is 1. The van der Waals surface area contributed by atoms with E-state index in [1.54, 1.807) is 25.8 Å². The Hall–Kier alpha value is -0.870. The third-order valence-electron chi connectivity index (χ3n) is 0.701. The standard InChI is InChI=1S/C3H4N2.C3H8O2/c1-2-5-3-4-1;1-5-3-2-4/h1-3H,(H,4,5);4H,2-3H2,1H3. The molecule has 0 saturated carbocycles. The van der Waals surface area contributed by atoms with Crippen molar-refractivity contribution in [3.63, 3.8) is 0 Å². The number of hydrogen-bond donors (Lipinski definition) is 2. The Kier molecular flexibility index (Phi) is 7.42. The van der Waals surface area contributed by atoms with Crippen LogP contribution in [0.5, 0.6) is 0 Å². The summed E-state index contributed by atoms with van der Waals surface area (Å²) in [7, 11) is 1.55. The van der Waals surface area contributed by atoms with Crippen molar-refractivity contribution in [2.45, 2.75) is 0 Å². The molecule has 0 unspecified atom stereocenters. The van der Waals surface area contributed by atoms with Gasteiger partial charge in [-0.2, -0.15) is 0 Å². The lowest BCUT2D eigenvalue weighted by atomic mass is 10.8. The van der Waals surface area contributed by atoms with Gasteiger partial charge in [0.2, 0.25) is 0 Å². The quantitative estimate of drug-likeness (QED) is 0.616. The number of rotatable bonds is 2. The summed E-state index contributed by atoms with van der Waals surface area (Å²) in [5.74, 6) is 0. The van der Waals surface area contributed by atoms with Crippen LogP contribution in [0.2, 0.25) is 0 Å². The van der Waals surface area contributed by atoms with Crippen LogP contribution in [-0.4, -0.2) is 35.4 Å². The summed E-state index contributed by atoms with van der Waals surface area (Å²) < 4.78 is 4.44. The van der Waals surface area contributed by atoms with Crippen molar-refractivity contribution in [1.29, 1.82) is 0 Å². The van der Waals surface area contributed by atoms with E-state index in [1.807, 2.05) is 0 Å². The second kappa shape index (κ2) is 8.13. The first kappa shape index (κ1) is 9.13. The zero-order valence-corrected chi connectivity index (χ0v) is 5.95. The molecule has 0 radical (unpaired) electrons. The van der Waals surface area contributed by atoms with Crippen molar-refractivity contribution in [1.82, 2.24) is 9.97 Å². The third kappa shape index (κ3) is 7.13. The molecule has 0 aromatic carbocycles. The van der Waals surface area contributed by atoms with Crippen LogP contribution in [-0.2, 0) is 4.74 Å². The van der Waals surface area contributed by atoms with Crippen molar-refractivity contribution in [3.8, 4) is 0 Å². The molecule has 4 nitrogen and oxygen atoms in total. The van der Waals surface area contributed by atoms with Crippen LogP contribution < -0.4 is 0 Å². The van der Waals surface area contributed by atoms with Crippen LogP contribution in [0.3, 0.4) is 0 Å². The molecule has 0 fully saturated rings. The molecule has 1 rings (SSSR count). The summed E-state index contributed by atoms with van der Waals surface area (Å²) in [5, 5.41) is 7.94. The molecule has 0 atom stereocenters. The van der Waals surface area contributed by atoms with Crippen molar-refractivity contribution >= 4 is 0 Å². The lowest BCUT2D eigenvalue weighted by Crippen LogP contribution is -1.91. The molecule has 1 heterocycles. The van der Waals surface area contributed by atoms with Crippen molar-refractivity contribution in [3.05, 3.63) is 18.7 Å². The maximum atomic E-state index is 7.94. The minimum Gasteiger partial charge on any atom is -0.394 e. The highest BCUT2D eigenvalue weighted by atomic mass is 16.5. The van der Waals surface area contributed by atoms with Crippen LogP contribution in [0.15, 0.2) is 18.7 Å². The van der Waals surface area contributed by atoms with Crippen molar-refractivity contribution in [2.75, 3.05) is 20.3 Å². The predicted octanol–water partition coefficient (Wildman–Crippen LogP) is 0.0348. The SMILES string of the molecule is COCCO.c1c[nH]cn1. The van der Waals surface area contributed by atoms with E-state index in [4.69, 9.17) is 5.11 Å². The maximum absolute atomic E-state index is 7.94. The first-order valence-electron chi connectivity index (χ1n) is 2.94. The number of nitrogens with one attached hydrogen (secondary N) is 1. The van der Waals surface area contributed by atoms with Crippen LogP contribution in [0.4, 0.5) is 0 Å². The van der Waals surface area contributed by atoms with E-state index in [1.165, 1.54) is 0 Å². The fourth-order valence-corrected chi connectivity index (χ4v) is 0.306. The molecule has 0 saturated heterocycles. The first-order chi connectivity index (χ1) is 4.91. The molecule has 1 aromatic rings. The van der Waals surface area contributed by atoms with E-state index >= 15 is 0 Å². The number of H-pyrrole nitrogens is 1. The van der Waals surface area contributed by atoms with E-state index in [9.17, 15) is 0 Å². The largest absolute Gasteiger partial charge is 0.394 e. The topological polar surface area (TPSA) is 58.1 Å². The van der Waals surface area contributed by atoms with Gasteiger partial charge in [-0.3, -0.25) is 0 Å². The zero-order chi connectivity index (χ0) is 7.66. The Morgan fingerprint density at radius 3 is 2.60 bits per heavy atom. The second-order valence-corrected chi connectivity index (χ2v) is 1.48. The Labute approximate surface area is 59.9 Å². The molecule has 0 amide bonds. The van der Waals surface area contributed by atoms with Gasteiger partial charge >= 0.3 is 0 Å². The van der Waals surface area contributed by atoms with E-state index in [0.29, 0.717) is 6.61 Å². The summed E-state index contributed by atoms with van der Waals surface area (Å²) in [6.07, 6.45) is 5.08. The smallest absolute Gasteiger partial charge is 0.0919 e. The number of ether oxygens (including phenoxy) is 1. The molecule has 1 aromatic heterocycles. The average Bonchev–Trinajstić information content (AvgIpc) is 2.44. The molecule has 58 valence electrons. The lowest BCUT2D eigenvalue weighted by molar-refractivity contribution is 0.135. The van der Waals surface area contributed by atoms with Gasteiger partial charge < -0.3 is 14.8 Å². The van der Waals surface area contributed by atoms with E-state index in [0.717, 1.165) is 0 Å². The van der Waals surface area contributed by atoms with Gasteiger partial charge in [0.05, 0.1) is 19.5 Å². The van der Waals surface area contributed by atoms with Gasteiger partial charge in [0.15, 0.2) is 0 Å². The van der Waals surface area contributed by atoms with Crippen molar-refractivity contribution < 1.29 is 9.84 Å². The van der Waals surface area contributed by atoms with Crippen LogP contribution in [0, 0.1) is 0 Å². The number of imidazole rings is 1. The molecular formula is C6H12N2O2. The van der Waals surface area contributed by atoms with Crippen molar-refractivity contribution in [2.24, 2.45) is 0 Å². The Morgan fingerprint density at radius 2 is 2.50 bits per heavy atom. The molecule has 0 aliphatic rings. The molecule has 2 N–H and O–H groups in total. The third-order valence-corrected chi connectivity index (χ3v) is 0.701. The molecule has 0 aliphatic heterocycles. The Bertz CT molecular complexity index is 100. The highest BCUT2D eigenvalue weighted by molar-refractivity contribution is 4.64. The summed E-state index contributed by atoms with van der Waals surface area (Å²) in [6, 6.07) is 0. The number of aromatic amines is 1. The fraction of sp³-hybridized carbons (Fsp3) is 0.500. The fourth-order valence-electron chi connectivity index (χ4n) is 0.306. The van der Waals surface area contributed by atoms with E-state index in [-0.39, 0.29) is 6.61 Å². The minimum atomic E-state index is 0.122. The van der Waals surface area contributed by atoms with Gasteiger partial charge in [-0.15, -0.1) is 0 Å². The second-order valence-electron chi connectivity index (χ2n) is 1.48. The molecule has 0 aliphatic carbocycles. The number of aromatic nitrogens is 2. The van der Waals surface area contributed by atoms with E-state index in [2.05, 4.69) is 14.7 Å². The summed E-state index contributed by atoms with van der Waals surface area (Å²) >= 11 is 0. The number of aliphatic hydroxyl groups excluding tert-OH is 1. The predicted molar refractivity (Wildman–Crippen MR) is 37.5 cm³/mol. The van der Waals surface area contributed by atoms with Crippen LogP contribution in [0.1, 0.15) is 0 Å². The van der Waals surface area contributed by atoms with Gasteiger partial charge in [0.1, 0.15) is 0 Å². The number of hydrogen-bond acceptors (Lipinski definition) is 3. The Morgan fingerprint density at radius 1 is 1.70 bits per heavy atom. The monoisotopic (exact) mass is 144 g/mol. The van der Waals surface area contributed by atoms with Gasteiger partial charge in [0.25, 0.3) is 0 Å². The summed E-state index contributed by atoms with van der Waals surface area (Å²) in [5.41, 5.74) is 0. The molecular weight excluding hydrogens is 132 g/mol. The van der Waals surface area contributed by atoms with Gasteiger partial charge in [-0.1, -0.05) is 0 Å². The normalized spacial score (nSPS) is 8.20. The first-order valence-corrected chi connectivity index (χ1v) is 2.94. The van der Waals surface area contributed by atoms with Gasteiger partial charge in [-0.25, -0.2) is 4.98 Å². The Balaban J connectivity index is 0.000000162. The number of methoxy groups -OCH3 is 1. The molecule has 0 spiro atoms. The number of nitrogens with zero attached hydrogens (tertiary/aromatic N) is 1. The van der Waals surface area contributed by atoms with Gasteiger partial charge in [-0.05, 0) is 0 Å². The molecule has 0 bridgehead atoms. The van der Waals surface area contributed by atoms with Crippen LogP contribution in [0.25, 0.3) is 0 Å². The molecule has 4 heteroatoms. The average molecular weight is 144 g/mol.